The number of carbonyl (C=O) groups excluding carboxylic acids is 2. The molecule has 8 nitrogen and oxygen atoms in total. The van der Waals surface area contributed by atoms with Gasteiger partial charge in [-0.3, -0.25) is 19.6 Å². The highest BCUT2D eigenvalue weighted by Crippen LogP contribution is 2.15. The molecule has 0 aliphatic rings. The van der Waals surface area contributed by atoms with Crippen LogP contribution in [0.1, 0.15) is 43.0 Å². The van der Waals surface area contributed by atoms with Gasteiger partial charge < -0.3 is 21.3 Å². The Labute approximate surface area is 269 Å². The summed E-state index contributed by atoms with van der Waals surface area (Å²) in [5.74, 6) is 0.996. The van der Waals surface area contributed by atoms with E-state index in [1.54, 1.807) is 38.4 Å². The largest absolute Gasteiger partial charge is 0.366 e. The lowest BCUT2D eigenvalue weighted by Crippen LogP contribution is -2.24. The normalized spacial score (nSPS) is 11.4. The van der Waals surface area contributed by atoms with Crippen LogP contribution in [0.3, 0.4) is 0 Å². The van der Waals surface area contributed by atoms with Crippen molar-refractivity contribution in [3.8, 4) is 0 Å². The van der Waals surface area contributed by atoms with E-state index >= 15 is 0 Å². The first kappa shape index (κ1) is 31.4. The fraction of sp³-hybridized carbons (Fsp3) is 0.105. The Balaban J connectivity index is 1.12. The van der Waals surface area contributed by atoms with Crippen molar-refractivity contribution < 1.29 is 9.59 Å². The standard InChI is InChI=1S/C38H36N6O2/c1-39-35(41-25-27-9-5-3-6-10-27)29-17-21-33(22-18-29)43-37(45)31-13-15-32(16-14-31)38(46)44-34-23-19-30(20-24-34)36(40-2)42-26-28-11-7-4-8-12-28/h3-24H,25-26H2,1-2H3,(H,39,41)(H,40,42)(H,43,45)(H,44,46). The maximum Gasteiger partial charge on any atom is 0.255 e. The molecule has 0 spiro atoms. The lowest BCUT2D eigenvalue weighted by molar-refractivity contribution is 0.101. The molecular formula is C38H36N6O2. The molecule has 0 atom stereocenters. The fourth-order valence-corrected chi connectivity index (χ4v) is 4.79. The Bertz CT molecular complexity index is 1660. The highest BCUT2D eigenvalue weighted by Gasteiger charge is 2.11. The summed E-state index contributed by atoms with van der Waals surface area (Å²) in [7, 11) is 3.49. The Morgan fingerprint density at radius 1 is 0.457 bits per heavy atom. The summed E-state index contributed by atoms with van der Waals surface area (Å²) in [5, 5.41) is 12.5. The molecule has 5 rings (SSSR count). The quantitative estimate of drug-likeness (QED) is 0.107. The maximum absolute atomic E-state index is 12.9. The number of rotatable bonds is 10. The molecule has 0 unspecified atom stereocenters. The van der Waals surface area contributed by atoms with E-state index in [0.29, 0.717) is 35.6 Å². The summed E-state index contributed by atoms with van der Waals surface area (Å²) in [6, 6.07) is 41.8. The third-order valence-electron chi connectivity index (χ3n) is 7.29. The van der Waals surface area contributed by atoms with Gasteiger partial charge in [0.15, 0.2) is 0 Å². The third-order valence-corrected chi connectivity index (χ3v) is 7.29. The number of amides is 2. The summed E-state index contributed by atoms with van der Waals surface area (Å²) in [4.78, 5) is 34.5. The molecule has 46 heavy (non-hydrogen) atoms. The van der Waals surface area contributed by atoms with Gasteiger partial charge in [-0.25, -0.2) is 0 Å². The van der Waals surface area contributed by atoms with Crippen molar-refractivity contribution in [3.05, 3.63) is 167 Å². The Kier molecular flexibility index (Phi) is 10.7. The molecule has 5 aromatic rings. The lowest BCUT2D eigenvalue weighted by atomic mass is 10.1. The summed E-state index contributed by atoms with van der Waals surface area (Å²) < 4.78 is 0. The smallest absolute Gasteiger partial charge is 0.255 e. The first-order valence-corrected chi connectivity index (χ1v) is 14.9. The van der Waals surface area contributed by atoms with Gasteiger partial charge in [-0.15, -0.1) is 0 Å². The van der Waals surface area contributed by atoms with Crippen LogP contribution >= 0.6 is 0 Å². The fourth-order valence-electron chi connectivity index (χ4n) is 4.79. The predicted octanol–water partition coefficient (Wildman–Crippen LogP) is 6.52. The van der Waals surface area contributed by atoms with E-state index in [0.717, 1.165) is 33.9 Å². The van der Waals surface area contributed by atoms with Crippen molar-refractivity contribution in [1.29, 1.82) is 0 Å². The topological polar surface area (TPSA) is 107 Å². The first-order chi connectivity index (χ1) is 22.5. The molecule has 4 N–H and O–H groups in total. The molecular weight excluding hydrogens is 572 g/mol. The zero-order chi connectivity index (χ0) is 32.1. The average molecular weight is 609 g/mol. The van der Waals surface area contributed by atoms with Crippen LogP contribution < -0.4 is 21.3 Å². The van der Waals surface area contributed by atoms with Crippen LogP contribution in [0.4, 0.5) is 11.4 Å². The number of hydrogen-bond donors (Lipinski definition) is 4. The van der Waals surface area contributed by atoms with E-state index in [-0.39, 0.29) is 11.8 Å². The second-order valence-electron chi connectivity index (χ2n) is 10.5. The van der Waals surface area contributed by atoms with Crippen LogP contribution in [0.2, 0.25) is 0 Å². The van der Waals surface area contributed by atoms with Crippen LogP contribution in [0.25, 0.3) is 0 Å². The molecule has 0 aliphatic heterocycles. The highest BCUT2D eigenvalue weighted by molar-refractivity contribution is 6.07. The summed E-state index contributed by atoms with van der Waals surface area (Å²) >= 11 is 0. The Morgan fingerprint density at radius 3 is 1.11 bits per heavy atom. The summed E-state index contributed by atoms with van der Waals surface area (Å²) in [6.45, 7) is 1.32. The number of amidine groups is 2. The van der Waals surface area contributed by atoms with E-state index in [1.807, 2.05) is 84.9 Å². The molecule has 0 radical (unpaired) electrons. The van der Waals surface area contributed by atoms with Gasteiger partial charge in [0.05, 0.1) is 0 Å². The minimum atomic E-state index is -0.267. The number of aliphatic imine (C=N–C) groups is 2. The molecule has 0 saturated heterocycles. The molecule has 0 fully saturated rings. The SMILES string of the molecule is CN=C(NCc1ccccc1)c1ccc(NC(=O)c2ccc(C(=O)Nc3ccc(C(=NC)NCc4ccccc4)cc3)cc2)cc1. The van der Waals surface area contributed by atoms with E-state index in [2.05, 4.69) is 55.5 Å². The van der Waals surface area contributed by atoms with Crippen molar-refractivity contribution in [2.45, 2.75) is 13.1 Å². The van der Waals surface area contributed by atoms with Crippen LogP contribution in [0.15, 0.2) is 143 Å². The van der Waals surface area contributed by atoms with Gasteiger partial charge in [-0.05, 0) is 83.9 Å². The van der Waals surface area contributed by atoms with Crippen LogP contribution in [-0.2, 0) is 13.1 Å². The molecule has 8 heteroatoms. The number of anilines is 2. The van der Waals surface area contributed by atoms with Crippen LogP contribution in [0, 0.1) is 0 Å². The average Bonchev–Trinajstić information content (AvgIpc) is 3.11. The minimum absolute atomic E-state index is 0.267. The predicted molar refractivity (Wildman–Crippen MR) is 187 cm³/mol. The van der Waals surface area contributed by atoms with Gasteiger partial charge >= 0.3 is 0 Å². The van der Waals surface area contributed by atoms with Gasteiger partial charge in [0.25, 0.3) is 11.8 Å². The van der Waals surface area contributed by atoms with Crippen molar-refractivity contribution >= 4 is 34.9 Å². The van der Waals surface area contributed by atoms with E-state index in [4.69, 9.17) is 0 Å². The molecule has 0 aliphatic carbocycles. The maximum atomic E-state index is 12.9. The van der Waals surface area contributed by atoms with Gasteiger partial charge in [0.2, 0.25) is 0 Å². The Morgan fingerprint density at radius 2 is 0.783 bits per heavy atom. The molecule has 5 aromatic carbocycles. The van der Waals surface area contributed by atoms with Crippen molar-refractivity contribution in [2.24, 2.45) is 9.98 Å². The molecule has 230 valence electrons. The zero-order valence-electron chi connectivity index (χ0n) is 25.8. The van der Waals surface area contributed by atoms with Crippen LogP contribution in [0.5, 0.6) is 0 Å². The number of nitrogens with zero attached hydrogens (tertiary/aromatic N) is 2. The summed E-state index contributed by atoms with van der Waals surface area (Å²) in [5.41, 5.74) is 6.36. The highest BCUT2D eigenvalue weighted by atomic mass is 16.2. The zero-order valence-corrected chi connectivity index (χ0v) is 25.8. The number of nitrogens with one attached hydrogen (secondary N) is 4. The van der Waals surface area contributed by atoms with Crippen molar-refractivity contribution in [2.75, 3.05) is 24.7 Å². The number of hydrogen-bond acceptors (Lipinski definition) is 4. The third kappa shape index (κ3) is 8.54. The first-order valence-electron chi connectivity index (χ1n) is 14.9. The van der Waals surface area contributed by atoms with Gasteiger partial charge in [-0.1, -0.05) is 60.7 Å². The van der Waals surface area contributed by atoms with Gasteiger partial charge in [-0.2, -0.15) is 0 Å². The number of carbonyl (C=O) groups is 2. The molecule has 0 saturated carbocycles. The molecule has 2 amide bonds. The molecule has 0 heterocycles. The van der Waals surface area contributed by atoms with E-state index < -0.39 is 0 Å². The molecule has 0 bridgehead atoms. The molecule has 0 aromatic heterocycles. The second kappa shape index (κ2) is 15.6. The van der Waals surface area contributed by atoms with Gasteiger partial charge in [0.1, 0.15) is 11.7 Å². The van der Waals surface area contributed by atoms with Crippen molar-refractivity contribution in [3.63, 3.8) is 0 Å². The van der Waals surface area contributed by atoms with Gasteiger partial charge in [0, 0.05) is 60.8 Å². The monoisotopic (exact) mass is 608 g/mol. The lowest BCUT2D eigenvalue weighted by Gasteiger charge is -2.12. The van der Waals surface area contributed by atoms with Crippen LogP contribution in [-0.4, -0.2) is 37.6 Å². The van der Waals surface area contributed by atoms with Crippen molar-refractivity contribution in [1.82, 2.24) is 10.6 Å². The Hall–Kier alpha value is -6.02. The van der Waals surface area contributed by atoms with E-state index in [1.165, 1.54) is 0 Å². The summed E-state index contributed by atoms with van der Waals surface area (Å²) in [6.07, 6.45) is 0. The number of benzene rings is 5. The minimum Gasteiger partial charge on any atom is -0.366 e. The second-order valence-corrected chi connectivity index (χ2v) is 10.5. The van der Waals surface area contributed by atoms with E-state index in [9.17, 15) is 9.59 Å².